The topological polar surface area (TPSA) is 61.2 Å². The Labute approximate surface area is 90.9 Å². The highest BCUT2D eigenvalue weighted by atomic mass is 19.1. The Morgan fingerprint density at radius 3 is 2.62 bits per heavy atom. The molecule has 1 aromatic carbocycles. The van der Waals surface area contributed by atoms with Crippen molar-refractivity contribution in [3.8, 4) is 6.07 Å². The summed E-state index contributed by atoms with van der Waals surface area (Å²) >= 11 is 0. The van der Waals surface area contributed by atoms with Crippen LogP contribution in [0.3, 0.4) is 0 Å². The van der Waals surface area contributed by atoms with E-state index in [1.807, 2.05) is 0 Å². The average molecular weight is 218 g/mol. The van der Waals surface area contributed by atoms with Gasteiger partial charge < -0.3 is 4.90 Å². The van der Waals surface area contributed by atoms with Gasteiger partial charge in [0.1, 0.15) is 11.9 Å². The fourth-order valence-electron chi connectivity index (χ4n) is 1.58. The van der Waals surface area contributed by atoms with Gasteiger partial charge in [0.25, 0.3) is 0 Å². The quantitative estimate of drug-likeness (QED) is 0.661. The van der Waals surface area contributed by atoms with E-state index in [4.69, 9.17) is 5.26 Å². The standard InChI is InChI=1S/C11H7FN2O2/c12-10-3-8(2-1-7(10)5-13)14-6-9(15)4-11(14)16/h1-3H,4,6H2. The molecule has 1 aromatic rings. The van der Waals surface area contributed by atoms with E-state index in [0.29, 0.717) is 5.69 Å². The Morgan fingerprint density at radius 2 is 2.12 bits per heavy atom. The molecule has 0 atom stereocenters. The molecule has 0 bridgehead atoms. The number of halogens is 1. The van der Waals surface area contributed by atoms with Gasteiger partial charge in [0, 0.05) is 5.69 Å². The molecule has 1 heterocycles. The summed E-state index contributed by atoms with van der Waals surface area (Å²) in [6, 6.07) is 5.53. The minimum absolute atomic E-state index is 0.0236. The van der Waals surface area contributed by atoms with Crippen molar-refractivity contribution in [2.45, 2.75) is 6.42 Å². The lowest BCUT2D eigenvalue weighted by atomic mass is 10.2. The van der Waals surface area contributed by atoms with Gasteiger partial charge in [0.15, 0.2) is 5.78 Å². The van der Waals surface area contributed by atoms with Crippen molar-refractivity contribution in [2.24, 2.45) is 0 Å². The van der Waals surface area contributed by atoms with Crippen molar-refractivity contribution >= 4 is 17.4 Å². The summed E-state index contributed by atoms with van der Waals surface area (Å²) in [4.78, 5) is 23.6. The third kappa shape index (κ3) is 1.65. The zero-order valence-electron chi connectivity index (χ0n) is 8.24. The van der Waals surface area contributed by atoms with Crippen LogP contribution in [0.2, 0.25) is 0 Å². The van der Waals surface area contributed by atoms with Crippen LogP contribution in [0.1, 0.15) is 12.0 Å². The maximum atomic E-state index is 13.3. The number of nitrogens with zero attached hydrogens (tertiary/aromatic N) is 2. The molecule has 4 nitrogen and oxygen atoms in total. The van der Waals surface area contributed by atoms with E-state index in [1.54, 1.807) is 6.07 Å². The summed E-state index contributed by atoms with van der Waals surface area (Å²) in [7, 11) is 0. The molecule has 1 saturated heterocycles. The second-order valence-corrected chi connectivity index (χ2v) is 3.47. The Bertz CT molecular complexity index is 519. The first kappa shape index (κ1) is 10.3. The monoisotopic (exact) mass is 218 g/mol. The summed E-state index contributed by atoms with van der Waals surface area (Å²) in [6.45, 7) is -0.0236. The Balaban J connectivity index is 2.36. The van der Waals surface area contributed by atoms with E-state index in [0.717, 1.165) is 6.07 Å². The van der Waals surface area contributed by atoms with Gasteiger partial charge in [0.2, 0.25) is 5.91 Å². The highest BCUT2D eigenvalue weighted by molar-refractivity contribution is 6.15. The van der Waals surface area contributed by atoms with Crippen molar-refractivity contribution in [2.75, 3.05) is 11.4 Å². The number of nitriles is 1. The fourth-order valence-corrected chi connectivity index (χ4v) is 1.58. The Morgan fingerprint density at radius 1 is 1.38 bits per heavy atom. The van der Waals surface area contributed by atoms with Gasteiger partial charge in [-0.1, -0.05) is 0 Å². The van der Waals surface area contributed by atoms with E-state index in [-0.39, 0.29) is 30.2 Å². The van der Waals surface area contributed by atoms with E-state index in [2.05, 4.69) is 0 Å². The molecule has 0 aromatic heterocycles. The third-order valence-electron chi connectivity index (χ3n) is 2.37. The molecule has 80 valence electrons. The molecule has 1 aliphatic heterocycles. The van der Waals surface area contributed by atoms with Crippen LogP contribution in [0.4, 0.5) is 10.1 Å². The summed E-state index contributed by atoms with van der Waals surface area (Å²) < 4.78 is 13.3. The van der Waals surface area contributed by atoms with Gasteiger partial charge in [-0.3, -0.25) is 9.59 Å². The van der Waals surface area contributed by atoms with Crippen molar-refractivity contribution in [1.29, 1.82) is 5.26 Å². The van der Waals surface area contributed by atoms with Gasteiger partial charge in [0.05, 0.1) is 18.5 Å². The van der Waals surface area contributed by atoms with Crippen molar-refractivity contribution in [1.82, 2.24) is 0 Å². The Kier molecular flexibility index (Phi) is 2.41. The summed E-state index contributed by atoms with van der Waals surface area (Å²) in [5.74, 6) is -1.21. The third-order valence-corrected chi connectivity index (χ3v) is 2.37. The van der Waals surface area contributed by atoms with Crippen LogP contribution in [0.15, 0.2) is 18.2 Å². The predicted molar refractivity (Wildman–Crippen MR) is 53.1 cm³/mol. The summed E-state index contributed by atoms with van der Waals surface area (Å²) in [5.41, 5.74) is 0.231. The molecule has 1 amide bonds. The molecule has 5 heteroatoms. The zero-order valence-corrected chi connectivity index (χ0v) is 8.24. The second kappa shape index (κ2) is 3.74. The average Bonchev–Trinajstić information content (AvgIpc) is 2.58. The molecule has 0 radical (unpaired) electrons. The number of ketones is 1. The van der Waals surface area contributed by atoms with Crippen LogP contribution in [-0.4, -0.2) is 18.2 Å². The van der Waals surface area contributed by atoms with Crippen LogP contribution in [-0.2, 0) is 9.59 Å². The van der Waals surface area contributed by atoms with E-state index < -0.39 is 5.82 Å². The van der Waals surface area contributed by atoms with Gasteiger partial charge >= 0.3 is 0 Å². The number of hydrogen-bond donors (Lipinski definition) is 0. The summed E-state index contributed by atoms with van der Waals surface area (Å²) in [6.07, 6.45) is -0.137. The fraction of sp³-hybridized carbons (Fsp3) is 0.182. The number of hydrogen-bond acceptors (Lipinski definition) is 3. The maximum Gasteiger partial charge on any atom is 0.234 e. The van der Waals surface area contributed by atoms with Crippen molar-refractivity contribution < 1.29 is 14.0 Å². The largest absolute Gasteiger partial charge is 0.304 e. The Hall–Kier alpha value is -2.22. The molecule has 0 spiro atoms. The first-order chi connectivity index (χ1) is 7.61. The minimum Gasteiger partial charge on any atom is -0.304 e. The number of amides is 1. The number of carbonyl (C=O) groups is 2. The minimum atomic E-state index is -0.688. The lowest BCUT2D eigenvalue weighted by molar-refractivity contribution is -0.121. The van der Waals surface area contributed by atoms with E-state index in [1.165, 1.54) is 17.0 Å². The highest BCUT2D eigenvalue weighted by Crippen LogP contribution is 2.22. The summed E-state index contributed by atoms with van der Waals surface area (Å²) in [5, 5.41) is 8.54. The van der Waals surface area contributed by atoms with Gasteiger partial charge in [-0.15, -0.1) is 0 Å². The van der Waals surface area contributed by atoms with E-state index in [9.17, 15) is 14.0 Å². The molecule has 0 saturated carbocycles. The molecule has 0 unspecified atom stereocenters. The van der Waals surface area contributed by atoms with Gasteiger partial charge in [-0.05, 0) is 18.2 Å². The maximum absolute atomic E-state index is 13.3. The van der Waals surface area contributed by atoms with E-state index >= 15 is 0 Å². The second-order valence-electron chi connectivity index (χ2n) is 3.47. The van der Waals surface area contributed by atoms with Crippen LogP contribution in [0.5, 0.6) is 0 Å². The molecule has 1 aliphatic rings. The van der Waals surface area contributed by atoms with Crippen LogP contribution < -0.4 is 4.90 Å². The highest BCUT2D eigenvalue weighted by Gasteiger charge is 2.28. The number of Topliss-reactive ketones (excluding diaryl/α,β-unsaturated/α-hetero) is 1. The number of benzene rings is 1. The lowest BCUT2D eigenvalue weighted by Crippen LogP contribution is -2.24. The molecular weight excluding hydrogens is 211 g/mol. The molecule has 2 rings (SSSR count). The van der Waals surface area contributed by atoms with Crippen LogP contribution in [0, 0.1) is 17.1 Å². The SMILES string of the molecule is N#Cc1ccc(N2CC(=O)CC2=O)cc1F. The van der Waals surface area contributed by atoms with Gasteiger partial charge in [-0.25, -0.2) is 4.39 Å². The van der Waals surface area contributed by atoms with Crippen LogP contribution >= 0.6 is 0 Å². The first-order valence-corrected chi connectivity index (χ1v) is 4.63. The molecular formula is C11H7FN2O2. The van der Waals surface area contributed by atoms with Crippen molar-refractivity contribution in [3.05, 3.63) is 29.6 Å². The number of rotatable bonds is 1. The normalized spacial score (nSPS) is 15.4. The molecule has 0 N–H and O–H groups in total. The number of anilines is 1. The number of carbonyl (C=O) groups excluding carboxylic acids is 2. The molecule has 0 aliphatic carbocycles. The van der Waals surface area contributed by atoms with Crippen molar-refractivity contribution in [3.63, 3.8) is 0 Å². The molecule has 1 fully saturated rings. The predicted octanol–water partition coefficient (Wildman–Crippen LogP) is 1.00. The molecule has 16 heavy (non-hydrogen) atoms. The van der Waals surface area contributed by atoms with Crippen LogP contribution in [0.25, 0.3) is 0 Å². The smallest absolute Gasteiger partial charge is 0.234 e. The van der Waals surface area contributed by atoms with Gasteiger partial charge in [-0.2, -0.15) is 5.26 Å². The lowest BCUT2D eigenvalue weighted by Gasteiger charge is -2.14. The zero-order chi connectivity index (χ0) is 11.7. The first-order valence-electron chi connectivity index (χ1n) is 4.63.